The molecule has 0 spiro atoms. The highest BCUT2D eigenvalue weighted by Gasteiger charge is 2.20. The molecule has 2 aromatic carbocycles. The number of anilines is 1. The van der Waals surface area contributed by atoms with Gasteiger partial charge in [-0.3, -0.25) is 4.79 Å². The van der Waals surface area contributed by atoms with Crippen molar-refractivity contribution >= 4 is 57.3 Å². The summed E-state index contributed by atoms with van der Waals surface area (Å²) in [5.74, 6) is 0.0801. The largest absolute Gasteiger partial charge is 0.372 e. The fourth-order valence-corrected chi connectivity index (χ4v) is 4.13. The first-order valence-electron chi connectivity index (χ1n) is 9.47. The van der Waals surface area contributed by atoms with Gasteiger partial charge in [-0.15, -0.1) is 0 Å². The molecule has 7 heteroatoms. The number of rotatable bonds is 7. The maximum atomic E-state index is 13.1. The summed E-state index contributed by atoms with van der Waals surface area (Å²) in [5, 5.41) is 2.84. The number of nitrogens with zero attached hydrogens (tertiary/aromatic N) is 2. The van der Waals surface area contributed by atoms with E-state index in [0.717, 1.165) is 22.2 Å². The Kier molecular flexibility index (Phi) is 6.99. The first kappa shape index (κ1) is 21.8. The van der Waals surface area contributed by atoms with Crippen LogP contribution in [0.25, 0.3) is 10.9 Å². The summed E-state index contributed by atoms with van der Waals surface area (Å²) in [4.78, 5) is 20.2. The third-order valence-corrected chi connectivity index (χ3v) is 5.79. The summed E-state index contributed by atoms with van der Waals surface area (Å²) in [7, 11) is 1.96. The second-order valence-electron chi connectivity index (χ2n) is 7.38. The number of fused-ring (bicyclic) bond motifs is 1. The number of halogens is 3. The number of aromatic nitrogens is 1. The van der Waals surface area contributed by atoms with Crippen LogP contribution in [-0.2, 0) is 11.2 Å². The van der Waals surface area contributed by atoms with Gasteiger partial charge in [0.1, 0.15) is 0 Å². The first-order valence-corrected chi connectivity index (χ1v) is 10.6. The summed E-state index contributed by atoms with van der Waals surface area (Å²) in [6, 6.07) is 11.2. The molecule has 0 aliphatic heterocycles. The van der Waals surface area contributed by atoms with Crippen LogP contribution in [0.1, 0.15) is 19.4 Å². The van der Waals surface area contributed by atoms with Crippen LogP contribution < -0.4 is 4.90 Å². The maximum Gasteiger partial charge on any atom is 0.227 e. The van der Waals surface area contributed by atoms with E-state index >= 15 is 0 Å². The van der Waals surface area contributed by atoms with Gasteiger partial charge in [0, 0.05) is 53.3 Å². The predicted molar refractivity (Wildman–Crippen MR) is 124 cm³/mol. The van der Waals surface area contributed by atoms with Gasteiger partial charge in [-0.05, 0) is 55.8 Å². The second-order valence-corrected chi connectivity index (χ2v) is 8.66. The number of nitrogens with one attached hydrogen (secondary N) is 1. The van der Waals surface area contributed by atoms with Crippen LogP contribution >= 0.6 is 34.8 Å². The highest BCUT2D eigenvalue weighted by molar-refractivity contribution is 6.36. The van der Waals surface area contributed by atoms with E-state index in [1.165, 1.54) is 0 Å². The lowest BCUT2D eigenvalue weighted by molar-refractivity contribution is -0.132. The number of carbonyl (C=O) groups excluding carboxylic acids is 1. The van der Waals surface area contributed by atoms with Crippen molar-refractivity contribution in [2.75, 3.05) is 25.0 Å². The number of carbonyl (C=O) groups is 1. The molecule has 0 unspecified atom stereocenters. The van der Waals surface area contributed by atoms with Gasteiger partial charge in [0.15, 0.2) is 0 Å². The van der Waals surface area contributed by atoms with E-state index in [9.17, 15) is 4.79 Å². The Morgan fingerprint density at radius 1 is 1.03 bits per heavy atom. The average molecular weight is 453 g/mol. The van der Waals surface area contributed by atoms with E-state index in [2.05, 4.69) is 4.98 Å². The third kappa shape index (κ3) is 5.19. The molecule has 0 bridgehead atoms. The van der Waals surface area contributed by atoms with Gasteiger partial charge in [-0.2, -0.15) is 0 Å². The van der Waals surface area contributed by atoms with Crippen LogP contribution in [0, 0.1) is 0 Å². The van der Waals surface area contributed by atoms with Crippen molar-refractivity contribution in [3.8, 4) is 0 Å². The highest BCUT2D eigenvalue weighted by atomic mass is 35.5. The zero-order chi connectivity index (χ0) is 21.1. The molecule has 0 aliphatic rings. The van der Waals surface area contributed by atoms with Gasteiger partial charge in [-0.25, -0.2) is 0 Å². The molecule has 1 amide bonds. The molecule has 0 fully saturated rings. The lowest BCUT2D eigenvalue weighted by atomic mass is 10.1. The number of hydrogen-bond donors (Lipinski definition) is 1. The van der Waals surface area contributed by atoms with Crippen LogP contribution in [0.5, 0.6) is 0 Å². The van der Waals surface area contributed by atoms with E-state index in [4.69, 9.17) is 34.8 Å². The molecule has 0 radical (unpaired) electrons. The lowest BCUT2D eigenvalue weighted by Gasteiger charge is -2.30. The van der Waals surface area contributed by atoms with E-state index < -0.39 is 0 Å². The third-order valence-electron chi connectivity index (χ3n) is 5.01. The Labute approximate surface area is 186 Å². The smallest absolute Gasteiger partial charge is 0.227 e. The van der Waals surface area contributed by atoms with Crippen molar-refractivity contribution in [1.82, 2.24) is 9.88 Å². The van der Waals surface area contributed by atoms with E-state index in [1.54, 1.807) is 6.07 Å². The Bertz CT molecular complexity index is 1020. The summed E-state index contributed by atoms with van der Waals surface area (Å²) in [6.45, 7) is 5.30. The van der Waals surface area contributed by atoms with Crippen LogP contribution in [-0.4, -0.2) is 42.0 Å². The zero-order valence-corrected chi connectivity index (χ0v) is 18.9. The number of H-pyrrole nitrogens is 1. The van der Waals surface area contributed by atoms with Crippen LogP contribution in [0.15, 0.2) is 42.6 Å². The molecule has 3 aromatic rings. The monoisotopic (exact) mass is 451 g/mol. The van der Waals surface area contributed by atoms with Crippen LogP contribution in [0.3, 0.4) is 0 Å². The van der Waals surface area contributed by atoms with Crippen molar-refractivity contribution in [1.29, 1.82) is 0 Å². The van der Waals surface area contributed by atoms with Crippen LogP contribution in [0.4, 0.5) is 5.69 Å². The van der Waals surface area contributed by atoms with E-state index in [-0.39, 0.29) is 11.9 Å². The molecule has 29 heavy (non-hydrogen) atoms. The topological polar surface area (TPSA) is 39.3 Å². The van der Waals surface area contributed by atoms with Gasteiger partial charge in [-0.1, -0.05) is 34.8 Å². The fraction of sp³-hybridized carbons (Fsp3) is 0.318. The van der Waals surface area contributed by atoms with Crippen molar-refractivity contribution in [2.24, 2.45) is 0 Å². The Balaban J connectivity index is 1.70. The minimum absolute atomic E-state index is 0.0801. The van der Waals surface area contributed by atoms with Crippen molar-refractivity contribution in [3.63, 3.8) is 0 Å². The molecule has 3 rings (SSSR count). The van der Waals surface area contributed by atoms with E-state index in [1.807, 2.05) is 67.2 Å². The predicted octanol–water partition coefficient (Wildman–Crippen LogP) is 6.04. The normalized spacial score (nSPS) is 11.3. The average Bonchev–Trinajstić information content (AvgIpc) is 3.03. The minimum Gasteiger partial charge on any atom is -0.372 e. The van der Waals surface area contributed by atoms with Gasteiger partial charge >= 0.3 is 0 Å². The van der Waals surface area contributed by atoms with Crippen molar-refractivity contribution < 1.29 is 4.79 Å². The van der Waals surface area contributed by atoms with Crippen LogP contribution in [0.2, 0.25) is 15.1 Å². The Hall–Kier alpha value is -1.88. The fourth-order valence-electron chi connectivity index (χ4n) is 3.40. The van der Waals surface area contributed by atoms with E-state index in [0.29, 0.717) is 34.6 Å². The molecular weight excluding hydrogens is 429 g/mol. The second kappa shape index (κ2) is 9.29. The quantitative estimate of drug-likeness (QED) is 0.474. The Morgan fingerprint density at radius 2 is 1.72 bits per heavy atom. The number of amides is 1. The van der Waals surface area contributed by atoms with Gasteiger partial charge in [0.05, 0.1) is 17.1 Å². The number of likely N-dealkylation sites (N-methyl/N-ethyl adjacent to an activating group) is 1. The molecule has 4 nitrogen and oxygen atoms in total. The van der Waals surface area contributed by atoms with Crippen molar-refractivity contribution in [2.45, 2.75) is 26.3 Å². The van der Waals surface area contributed by atoms with Gasteiger partial charge in [0.2, 0.25) is 5.91 Å². The highest BCUT2D eigenvalue weighted by Crippen LogP contribution is 2.28. The molecule has 0 saturated carbocycles. The number of aromatic amines is 1. The molecular formula is C22H24Cl3N3O. The SMILES string of the molecule is CC(C)N(CCN(C)c1ccc(Cl)cc1Cl)C(=O)Cc1c[nH]c2ccc(Cl)cc12. The summed E-state index contributed by atoms with van der Waals surface area (Å²) >= 11 is 18.4. The molecule has 1 aromatic heterocycles. The molecule has 0 aliphatic carbocycles. The number of benzene rings is 2. The summed E-state index contributed by atoms with van der Waals surface area (Å²) in [6.07, 6.45) is 2.21. The lowest BCUT2D eigenvalue weighted by Crippen LogP contribution is -2.42. The van der Waals surface area contributed by atoms with Crippen molar-refractivity contribution in [3.05, 3.63) is 63.2 Å². The summed E-state index contributed by atoms with van der Waals surface area (Å²) < 4.78 is 0. The van der Waals surface area contributed by atoms with Gasteiger partial charge < -0.3 is 14.8 Å². The maximum absolute atomic E-state index is 13.1. The standard InChI is InChI=1S/C22H24Cl3N3O/c1-14(2)28(9-8-27(3)21-7-5-17(24)12-19(21)25)22(29)10-15-13-26-20-6-4-16(23)11-18(15)20/h4-7,11-14,26H,8-10H2,1-3H3. The first-order chi connectivity index (χ1) is 13.8. The van der Waals surface area contributed by atoms with Gasteiger partial charge in [0.25, 0.3) is 0 Å². The Morgan fingerprint density at radius 3 is 2.41 bits per heavy atom. The summed E-state index contributed by atoms with van der Waals surface area (Å²) in [5.41, 5.74) is 2.82. The molecule has 154 valence electrons. The molecule has 0 saturated heterocycles. The minimum atomic E-state index is 0.0801. The molecule has 1 N–H and O–H groups in total. The zero-order valence-electron chi connectivity index (χ0n) is 16.7. The molecule has 0 atom stereocenters. The molecule has 1 heterocycles. The number of hydrogen-bond acceptors (Lipinski definition) is 2.